The summed E-state index contributed by atoms with van der Waals surface area (Å²) in [7, 11) is 0. The molecule has 0 saturated carbocycles. The fourth-order valence-corrected chi connectivity index (χ4v) is 5.73. The molecule has 0 atom stereocenters. The van der Waals surface area contributed by atoms with Crippen LogP contribution >= 0.6 is 46.5 Å². The number of hydrogen-bond donors (Lipinski definition) is 0. The number of halogens is 1. The summed E-state index contributed by atoms with van der Waals surface area (Å²) >= 11 is 10.4. The van der Waals surface area contributed by atoms with Gasteiger partial charge >= 0.3 is 0 Å². The molecule has 11 heteroatoms. The first-order valence-electron chi connectivity index (χ1n) is 10.4. The molecule has 0 spiro atoms. The molecule has 3 aromatic heterocycles. The molecule has 0 fully saturated rings. The van der Waals surface area contributed by atoms with E-state index >= 15 is 0 Å². The summed E-state index contributed by atoms with van der Waals surface area (Å²) in [6, 6.07) is 19.7. The van der Waals surface area contributed by atoms with E-state index in [1.165, 1.54) is 34.9 Å². The fraction of sp³-hybridized carbons (Fsp3) is 0.0833. The molecule has 0 unspecified atom stereocenters. The van der Waals surface area contributed by atoms with Gasteiger partial charge in [-0.15, -0.1) is 16.4 Å². The quantitative estimate of drug-likeness (QED) is 0.132. The predicted molar refractivity (Wildman–Crippen MR) is 139 cm³/mol. The number of aromatic nitrogens is 6. The molecule has 172 valence electrons. The van der Waals surface area contributed by atoms with Crippen LogP contribution in [0.2, 0.25) is 5.02 Å². The molecule has 0 aliphatic rings. The summed E-state index contributed by atoms with van der Waals surface area (Å²) in [6.07, 6.45) is 3.66. The van der Waals surface area contributed by atoms with Crippen molar-refractivity contribution < 1.29 is 0 Å². The van der Waals surface area contributed by atoms with Crippen LogP contribution in [0.25, 0.3) is 11.3 Å². The molecule has 0 amide bonds. The molecule has 0 N–H and O–H groups in total. The van der Waals surface area contributed by atoms with Crippen LogP contribution < -0.4 is 0 Å². The van der Waals surface area contributed by atoms with Gasteiger partial charge in [0.15, 0.2) is 9.50 Å². The fourth-order valence-electron chi connectivity index (χ4n) is 3.21. The Morgan fingerprint density at radius 1 is 1.06 bits per heavy atom. The Kier molecular flexibility index (Phi) is 7.39. The number of nitriles is 1. The Labute approximate surface area is 219 Å². The van der Waals surface area contributed by atoms with Crippen LogP contribution in [-0.2, 0) is 12.3 Å². The lowest BCUT2D eigenvalue weighted by molar-refractivity contribution is 0.649. The van der Waals surface area contributed by atoms with Crippen molar-refractivity contribution in [1.29, 1.82) is 5.26 Å². The van der Waals surface area contributed by atoms with E-state index in [0.29, 0.717) is 38.8 Å². The number of thiazole rings is 1. The molecule has 5 aromatic rings. The molecule has 3 heterocycles. The van der Waals surface area contributed by atoms with Crippen molar-refractivity contribution in [3.05, 3.63) is 94.2 Å². The summed E-state index contributed by atoms with van der Waals surface area (Å²) in [5.41, 5.74) is 3.74. The van der Waals surface area contributed by atoms with Gasteiger partial charge in [0.1, 0.15) is 16.7 Å². The molecule has 2 aromatic carbocycles. The normalized spacial score (nSPS) is 10.9. The van der Waals surface area contributed by atoms with Gasteiger partial charge in [-0.2, -0.15) is 5.26 Å². The van der Waals surface area contributed by atoms with Crippen molar-refractivity contribution in [2.45, 2.75) is 26.8 Å². The lowest BCUT2D eigenvalue weighted by atomic mass is 10.1. The molecule has 0 radical (unpaired) electrons. The van der Waals surface area contributed by atoms with Crippen LogP contribution in [0.4, 0.5) is 0 Å². The van der Waals surface area contributed by atoms with Crippen LogP contribution in [0, 0.1) is 11.3 Å². The van der Waals surface area contributed by atoms with Gasteiger partial charge in [-0.25, -0.2) is 19.6 Å². The first kappa shape index (κ1) is 23.5. The Morgan fingerprint density at radius 3 is 2.63 bits per heavy atom. The summed E-state index contributed by atoms with van der Waals surface area (Å²) in [5, 5.41) is 22.1. The zero-order valence-electron chi connectivity index (χ0n) is 18.1. The second-order valence-electron chi connectivity index (χ2n) is 7.24. The molecule has 0 saturated heterocycles. The highest BCUT2D eigenvalue weighted by molar-refractivity contribution is 8.01. The minimum absolute atomic E-state index is 0.408. The average Bonchev–Trinajstić information content (AvgIpc) is 3.56. The third-order valence-corrected chi connectivity index (χ3v) is 7.81. The van der Waals surface area contributed by atoms with Crippen molar-refractivity contribution in [2.75, 3.05) is 0 Å². The first-order valence-corrected chi connectivity index (χ1v) is 13.4. The smallest absolute Gasteiger partial charge is 0.189 e. The molecule has 35 heavy (non-hydrogen) atoms. The topological polar surface area (TPSA) is 93.2 Å². The summed E-state index contributed by atoms with van der Waals surface area (Å²) in [5.74, 6) is 0.544. The predicted octanol–water partition coefficient (Wildman–Crippen LogP) is 6.21. The van der Waals surface area contributed by atoms with Crippen LogP contribution in [0.5, 0.6) is 0 Å². The zero-order valence-corrected chi connectivity index (χ0v) is 21.3. The second-order valence-corrected chi connectivity index (χ2v) is 10.7. The van der Waals surface area contributed by atoms with Gasteiger partial charge in [0.25, 0.3) is 0 Å². The number of benzene rings is 2. The molecule has 0 bridgehead atoms. The summed E-state index contributed by atoms with van der Waals surface area (Å²) in [6.45, 7) is 0.654. The molecule has 5 rings (SSSR count). The van der Waals surface area contributed by atoms with E-state index in [-0.39, 0.29) is 0 Å². The van der Waals surface area contributed by atoms with Gasteiger partial charge in [-0.1, -0.05) is 71.0 Å². The highest BCUT2D eigenvalue weighted by Gasteiger charge is 2.19. The van der Waals surface area contributed by atoms with Crippen molar-refractivity contribution in [2.24, 2.45) is 0 Å². The molecule has 0 aliphatic carbocycles. The van der Waals surface area contributed by atoms with Crippen molar-refractivity contribution >= 4 is 46.5 Å². The van der Waals surface area contributed by atoms with Crippen molar-refractivity contribution in [1.82, 2.24) is 29.9 Å². The Balaban J connectivity index is 1.41. The second kappa shape index (κ2) is 11.0. The van der Waals surface area contributed by atoms with Gasteiger partial charge in [0.2, 0.25) is 0 Å². The van der Waals surface area contributed by atoms with E-state index in [0.717, 1.165) is 21.2 Å². The number of nitrogens with zero attached hydrogens (tertiary/aromatic N) is 7. The van der Waals surface area contributed by atoms with Gasteiger partial charge in [-0.3, -0.25) is 0 Å². The number of thioether (sulfide) groups is 1. The third kappa shape index (κ3) is 5.89. The summed E-state index contributed by atoms with van der Waals surface area (Å²) in [4.78, 5) is 13.7. The molecular formula is C24H16ClN7S3. The van der Waals surface area contributed by atoms with Gasteiger partial charge in [0.05, 0.1) is 17.9 Å². The van der Waals surface area contributed by atoms with Gasteiger partial charge in [0, 0.05) is 34.1 Å². The monoisotopic (exact) mass is 533 g/mol. The summed E-state index contributed by atoms with van der Waals surface area (Å²) < 4.78 is 2.62. The van der Waals surface area contributed by atoms with E-state index in [1.807, 2.05) is 46.6 Å². The minimum atomic E-state index is 0.408. The first-order chi connectivity index (χ1) is 17.2. The number of hydrogen-bond acceptors (Lipinski definition) is 9. The van der Waals surface area contributed by atoms with Crippen LogP contribution in [0.3, 0.4) is 0 Å². The standard InChI is InChI=1S/C24H16ClN7S3/c25-18-8-6-17(7-9-18)21-20(12-26)22(35-24-27-10-11-33-24)29-23(28-21)34-15-19-14-32(31-30-19)13-16-4-2-1-3-5-16/h1-11,14H,13,15H2. The van der Waals surface area contributed by atoms with Crippen molar-refractivity contribution in [3.63, 3.8) is 0 Å². The van der Waals surface area contributed by atoms with Gasteiger partial charge in [-0.05, 0) is 29.5 Å². The Bertz CT molecular complexity index is 1460. The largest absolute Gasteiger partial charge is 0.248 e. The zero-order chi connectivity index (χ0) is 24.0. The molecular weight excluding hydrogens is 518 g/mol. The Hall–Kier alpha value is -3.23. The Morgan fingerprint density at radius 2 is 1.89 bits per heavy atom. The van der Waals surface area contributed by atoms with Gasteiger partial charge < -0.3 is 0 Å². The maximum absolute atomic E-state index is 9.95. The van der Waals surface area contributed by atoms with Crippen LogP contribution in [0.15, 0.2) is 86.9 Å². The van der Waals surface area contributed by atoms with Crippen LogP contribution in [-0.4, -0.2) is 29.9 Å². The number of rotatable bonds is 8. The molecule has 7 nitrogen and oxygen atoms in total. The highest BCUT2D eigenvalue weighted by atomic mass is 35.5. The van der Waals surface area contributed by atoms with E-state index < -0.39 is 0 Å². The average molecular weight is 534 g/mol. The van der Waals surface area contributed by atoms with E-state index in [2.05, 4.69) is 38.5 Å². The lowest BCUT2D eigenvalue weighted by Gasteiger charge is -2.10. The lowest BCUT2D eigenvalue weighted by Crippen LogP contribution is -2.00. The SMILES string of the molecule is N#Cc1c(Sc2nccs2)nc(SCc2cn(Cc3ccccc3)nn2)nc1-c1ccc(Cl)cc1. The highest BCUT2D eigenvalue weighted by Crippen LogP contribution is 2.36. The van der Waals surface area contributed by atoms with E-state index in [1.54, 1.807) is 18.3 Å². The van der Waals surface area contributed by atoms with E-state index in [4.69, 9.17) is 16.6 Å². The van der Waals surface area contributed by atoms with Crippen LogP contribution in [0.1, 0.15) is 16.8 Å². The maximum atomic E-state index is 9.95. The molecule has 0 aliphatic heterocycles. The minimum Gasteiger partial charge on any atom is -0.248 e. The maximum Gasteiger partial charge on any atom is 0.189 e. The van der Waals surface area contributed by atoms with E-state index in [9.17, 15) is 5.26 Å². The van der Waals surface area contributed by atoms with Crippen molar-refractivity contribution in [3.8, 4) is 17.3 Å². The third-order valence-electron chi connectivity index (χ3n) is 4.80.